The SMILES string of the molecule is CC1(C)CN(C(=O)CNCC2(O)CC2)c2cc(N3C(=O)N(Cc4ccncc4)C(C)(C)C3=O)ccc21. The number of carbonyl (C=O) groups is 3. The standard InChI is InChI=1S/C27H33N5O4/c1-25(2)17-30(22(33)14-29-16-27(36)9-10-27)21-13-19(5-6-20(21)25)32-23(34)26(3,4)31(24(32)35)15-18-7-11-28-12-8-18/h5-8,11-13,29,36H,9-10,14-17H2,1-4H3. The molecule has 0 atom stereocenters. The summed E-state index contributed by atoms with van der Waals surface area (Å²) >= 11 is 0. The van der Waals surface area contributed by atoms with E-state index in [4.69, 9.17) is 0 Å². The number of fused-ring (bicyclic) bond motifs is 1. The smallest absolute Gasteiger partial charge is 0.332 e. The van der Waals surface area contributed by atoms with Crippen molar-refractivity contribution in [1.82, 2.24) is 15.2 Å². The number of nitrogens with one attached hydrogen (secondary N) is 1. The third-order valence-corrected chi connectivity index (χ3v) is 7.58. The van der Waals surface area contributed by atoms with Crippen LogP contribution >= 0.6 is 0 Å². The molecule has 2 N–H and O–H groups in total. The highest BCUT2D eigenvalue weighted by Crippen LogP contribution is 2.44. The van der Waals surface area contributed by atoms with Gasteiger partial charge in [-0.1, -0.05) is 19.9 Å². The van der Waals surface area contributed by atoms with Crippen LogP contribution in [0.25, 0.3) is 0 Å². The molecule has 9 nitrogen and oxygen atoms in total. The zero-order valence-corrected chi connectivity index (χ0v) is 21.2. The van der Waals surface area contributed by atoms with Crippen molar-refractivity contribution in [3.8, 4) is 0 Å². The summed E-state index contributed by atoms with van der Waals surface area (Å²) in [5.74, 6) is -0.419. The van der Waals surface area contributed by atoms with Gasteiger partial charge >= 0.3 is 6.03 Å². The van der Waals surface area contributed by atoms with Crippen LogP contribution in [0.4, 0.5) is 16.2 Å². The maximum atomic E-state index is 13.5. The summed E-state index contributed by atoms with van der Waals surface area (Å²) in [5, 5.41) is 13.1. The van der Waals surface area contributed by atoms with E-state index in [0.29, 0.717) is 24.5 Å². The van der Waals surface area contributed by atoms with E-state index in [-0.39, 0.29) is 30.3 Å². The van der Waals surface area contributed by atoms with Gasteiger partial charge in [0.25, 0.3) is 5.91 Å². The van der Waals surface area contributed by atoms with Gasteiger partial charge in [-0.25, -0.2) is 9.69 Å². The van der Waals surface area contributed by atoms with Gasteiger partial charge in [0.05, 0.1) is 17.8 Å². The predicted molar refractivity (Wildman–Crippen MR) is 136 cm³/mol. The number of nitrogens with zero attached hydrogens (tertiary/aromatic N) is 4. The lowest BCUT2D eigenvalue weighted by atomic mass is 9.87. The van der Waals surface area contributed by atoms with E-state index in [0.717, 1.165) is 24.0 Å². The number of urea groups is 1. The lowest BCUT2D eigenvalue weighted by molar-refractivity contribution is -0.123. The Hall–Kier alpha value is -3.30. The van der Waals surface area contributed by atoms with Crippen LogP contribution in [0.1, 0.15) is 51.7 Å². The number of carbonyl (C=O) groups excluding carboxylic acids is 3. The predicted octanol–water partition coefficient (Wildman–Crippen LogP) is 2.57. The zero-order chi connectivity index (χ0) is 25.9. The number of hydrogen-bond acceptors (Lipinski definition) is 6. The van der Waals surface area contributed by atoms with Crippen molar-refractivity contribution in [1.29, 1.82) is 0 Å². The minimum atomic E-state index is -1.03. The van der Waals surface area contributed by atoms with E-state index in [1.54, 1.807) is 48.2 Å². The van der Waals surface area contributed by atoms with E-state index >= 15 is 0 Å². The minimum Gasteiger partial charge on any atom is -0.389 e. The Morgan fingerprint density at radius 2 is 1.78 bits per heavy atom. The Morgan fingerprint density at radius 3 is 2.44 bits per heavy atom. The Bertz CT molecular complexity index is 1220. The lowest BCUT2D eigenvalue weighted by Gasteiger charge is -2.27. The Kier molecular flexibility index (Phi) is 5.68. The van der Waals surface area contributed by atoms with Gasteiger partial charge in [-0.05, 0) is 62.1 Å². The Labute approximate surface area is 211 Å². The van der Waals surface area contributed by atoms with Gasteiger partial charge in [-0.2, -0.15) is 0 Å². The number of benzene rings is 1. The molecule has 0 radical (unpaired) electrons. The molecule has 2 aliphatic heterocycles. The monoisotopic (exact) mass is 491 g/mol. The highest BCUT2D eigenvalue weighted by molar-refractivity contribution is 6.23. The molecular formula is C27H33N5O4. The second-order valence-corrected chi connectivity index (χ2v) is 11.3. The quantitative estimate of drug-likeness (QED) is 0.577. The molecular weight excluding hydrogens is 458 g/mol. The molecule has 190 valence electrons. The van der Waals surface area contributed by atoms with Gasteiger partial charge in [0.2, 0.25) is 5.91 Å². The summed E-state index contributed by atoms with van der Waals surface area (Å²) in [6.07, 6.45) is 4.83. The molecule has 1 saturated heterocycles. The fourth-order valence-corrected chi connectivity index (χ4v) is 5.06. The Balaban J connectivity index is 1.41. The molecule has 1 aromatic heterocycles. The number of hydrogen-bond donors (Lipinski definition) is 2. The van der Waals surface area contributed by atoms with Crippen LogP contribution in [-0.2, 0) is 21.5 Å². The molecule has 2 fully saturated rings. The molecule has 1 aliphatic carbocycles. The average Bonchev–Trinajstić information content (AvgIpc) is 3.46. The molecule has 0 bridgehead atoms. The molecule has 0 spiro atoms. The summed E-state index contributed by atoms with van der Waals surface area (Å²) in [6.45, 7) is 8.93. The number of aliphatic hydroxyl groups is 1. The first-order valence-electron chi connectivity index (χ1n) is 12.4. The van der Waals surface area contributed by atoms with E-state index in [1.165, 1.54) is 4.90 Å². The third kappa shape index (κ3) is 4.16. The molecule has 1 aromatic carbocycles. The zero-order valence-electron chi connectivity index (χ0n) is 21.2. The first-order chi connectivity index (χ1) is 16.9. The molecule has 36 heavy (non-hydrogen) atoms. The van der Waals surface area contributed by atoms with E-state index in [2.05, 4.69) is 24.1 Å². The van der Waals surface area contributed by atoms with Gasteiger partial charge < -0.3 is 20.2 Å². The number of rotatable bonds is 7. The van der Waals surface area contributed by atoms with Crippen LogP contribution in [0.3, 0.4) is 0 Å². The minimum absolute atomic E-state index is 0.108. The van der Waals surface area contributed by atoms with Crippen molar-refractivity contribution in [3.63, 3.8) is 0 Å². The van der Waals surface area contributed by atoms with Crippen molar-refractivity contribution < 1.29 is 19.5 Å². The van der Waals surface area contributed by atoms with Gasteiger partial charge in [0.1, 0.15) is 5.54 Å². The van der Waals surface area contributed by atoms with Crippen LogP contribution in [0.5, 0.6) is 0 Å². The molecule has 4 amide bonds. The average molecular weight is 492 g/mol. The van der Waals surface area contributed by atoms with Crippen molar-refractivity contribution in [2.24, 2.45) is 0 Å². The van der Waals surface area contributed by atoms with Crippen molar-refractivity contribution >= 4 is 29.2 Å². The first-order valence-corrected chi connectivity index (χ1v) is 12.4. The molecule has 1 saturated carbocycles. The number of imide groups is 1. The Morgan fingerprint density at radius 1 is 1.08 bits per heavy atom. The van der Waals surface area contributed by atoms with Crippen molar-refractivity contribution in [3.05, 3.63) is 53.9 Å². The van der Waals surface area contributed by atoms with Gasteiger partial charge in [0, 0.05) is 43.1 Å². The van der Waals surface area contributed by atoms with E-state index < -0.39 is 17.2 Å². The molecule has 5 rings (SSSR count). The van der Waals surface area contributed by atoms with Gasteiger partial charge in [-0.3, -0.25) is 14.6 Å². The number of amides is 4. The van der Waals surface area contributed by atoms with E-state index in [1.807, 2.05) is 18.2 Å². The second kappa shape index (κ2) is 8.38. The normalized spacial score (nSPS) is 21.2. The largest absolute Gasteiger partial charge is 0.389 e. The number of anilines is 2. The molecule has 0 unspecified atom stereocenters. The van der Waals surface area contributed by atoms with Crippen molar-refractivity contribution in [2.75, 3.05) is 29.4 Å². The highest BCUT2D eigenvalue weighted by atomic mass is 16.3. The number of aromatic nitrogens is 1. The maximum absolute atomic E-state index is 13.5. The van der Waals surface area contributed by atoms with Crippen LogP contribution in [0.15, 0.2) is 42.7 Å². The fraction of sp³-hybridized carbons (Fsp3) is 0.481. The van der Waals surface area contributed by atoms with Crippen LogP contribution in [-0.4, -0.2) is 63.6 Å². The fourth-order valence-electron chi connectivity index (χ4n) is 5.06. The second-order valence-electron chi connectivity index (χ2n) is 11.3. The number of pyridine rings is 1. The molecule has 9 heteroatoms. The van der Waals surface area contributed by atoms with Gasteiger partial charge in [0.15, 0.2) is 0 Å². The third-order valence-electron chi connectivity index (χ3n) is 7.58. The first kappa shape index (κ1) is 24.4. The van der Waals surface area contributed by atoms with Crippen molar-refractivity contribution in [2.45, 2.75) is 63.6 Å². The summed E-state index contributed by atoms with van der Waals surface area (Å²) in [7, 11) is 0. The molecule has 3 heterocycles. The maximum Gasteiger partial charge on any atom is 0.332 e. The van der Waals surface area contributed by atoms with Crippen LogP contribution in [0, 0.1) is 0 Å². The molecule has 2 aromatic rings. The topological polar surface area (TPSA) is 106 Å². The van der Waals surface area contributed by atoms with Crippen LogP contribution < -0.4 is 15.1 Å². The summed E-state index contributed by atoms with van der Waals surface area (Å²) < 4.78 is 0. The summed E-state index contributed by atoms with van der Waals surface area (Å²) in [6, 6.07) is 8.74. The summed E-state index contributed by atoms with van der Waals surface area (Å²) in [4.78, 5) is 48.6. The molecule has 3 aliphatic rings. The lowest BCUT2D eigenvalue weighted by Crippen LogP contribution is -2.43. The van der Waals surface area contributed by atoms with Gasteiger partial charge in [-0.15, -0.1) is 0 Å². The highest BCUT2D eigenvalue weighted by Gasteiger charge is 2.52. The van der Waals surface area contributed by atoms with E-state index in [9.17, 15) is 19.5 Å². The van der Waals surface area contributed by atoms with Crippen LogP contribution in [0.2, 0.25) is 0 Å². The summed E-state index contributed by atoms with van der Waals surface area (Å²) in [5.41, 5.74) is 1.06.